The van der Waals surface area contributed by atoms with E-state index in [0.717, 1.165) is 16.9 Å². The van der Waals surface area contributed by atoms with Gasteiger partial charge in [0.25, 0.3) is 0 Å². The van der Waals surface area contributed by atoms with Crippen molar-refractivity contribution in [2.45, 2.75) is 13.2 Å². The normalized spacial score (nSPS) is 11.6. The van der Waals surface area contributed by atoms with Gasteiger partial charge in [0, 0.05) is 12.5 Å². The number of hydrogen-bond donors (Lipinski definition) is 0. The van der Waals surface area contributed by atoms with E-state index in [4.69, 9.17) is 9.47 Å². The van der Waals surface area contributed by atoms with Crippen LogP contribution in [0.4, 0.5) is 0 Å². The quantitative estimate of drug-likeness (QED) is 0.575. The summed E-state index contributed by atoms with van der Waals surface area (Å²) in [6, 6.07) is 18.0. The molecule has 0 radical (unpaired) electrons. The first kappa shape index (κ1) is 12.2. The van der Waals surface area contributed by atoms with Crippen molar-refractivity contribution < 1.29 is 9.47 Å². The smallest absolute Gasteiger partial charge is 0.237 e. The van der Waals surface area contributed by atoms with E-state index in [0.29, 0.717) is 0 Å². The standard InChI is InChI=1S/C16H16O2/c1-3-17-13(2)18-16-12-8-7-11-15(16)14-9-5-4-6-10-14/h3-13H,1H2,2H3. The zero-order chi connectivity index (χ0) is 12.8. The van der Waals surface area contributed by atoms with Gasteiger partial charge in [-0.3, -0.25) is 0 Å². The molecule has 92 valence electrons. The van der Waals surface area contributed by atoms with Crippen molar-refractivity contribution in [2.75, 3.05) is 0 Å². The number of rotatable bonds is 5. The molecule has 0 aliphatic carbocycles. The molecule has 0 fully saturated rings. The van der Waals surface area contributed by atoms with E-state index < -0.39 is 0 Å². The second-order valence-electron chi connectivity index (χ2n) is 3.85. The molecule has 18 heavy (non-hydrogen) atoms. The second kappa shape index (κ2) is 5.92. The zero-order valence-corrected chi connectivity index (χ0v) is 10.4. The van der Waals surface area contributed by atoms with Crippen molar-refractivity contribution in [3.8, 4) is 16.9 Å². The van der Waals surface area contributed by atoms with Crippen LogP contribution in [0.5, 0.6) is 5.75 Å². The van der Waals surface area contributed by atoms with E-state index in [1.807, 2.05) is 49.4 Å². The number of ether oxygens (including phenoxy) is 2. The Balaban J connectivity index is 2.29. The average Bonchev–Trinajstić information content (AvgIpc) is 2.40. The molecule has 0 N–H and O–H groups in total. The molecular formula is C16H16O2. The minimum absolute atomic E-state index is 0.354. The van der Waals surface area contributed by atoms with Gasteiger partial charge < -0.3 is 9.47 Å². The van der Waals surface area contributed by atoms with Crippen LogP contribution in [0.15, 0.2) is 67.4 Å². The molecule has 1 atom stereocenters. The Morgan fingerprint density at radius 1 is 1.00 bits per heavy atom. The van der Waals surface area contributed by atoms with Crippen molar-refractivity contribution in [3.63, 3.8) is 0 Å². The Kier molecular flexibility index (Phi) is 4.02. The van der Waals surface area contributed by atoms with Gasteiger partial charge in [0.1, 0.15) is 5.75 Å². The third-order valence-electron chi connectivity index (χ3n) is 2.55. The molecule has 2 rings (SSSR count). The third-order valence-corrected chi connectivity index (χ3v) is 2.55. The highest BCUT2D eigenvalue weighted by molar-refractivity contribution is 5.70. The van der Waals surface area contributed by atoms with Crippen molar-refractivity contribution >= 4 is 0 Å². The Morgan fingerprint density at radius 2 is 1.67 bits per heavy atom. The summed E-state index contributed by atoms with van der Waals surface area (Å²) < 4.78 is 10.9. The van der Waals surface area contributed by atoms with Crippen LogP contribution < -0.4 is 4.74 Å². The van der Waals surface area contributed by atoms with Crippen LogP contribution in [0.1, 0.15) is 6.92 Å². The van der Waals surface area contributed by atoms with E-state index in [2.05, 4.69) is 18.7 Å². The van der Waals surface area contributed by atoms with Gasteiger partial charge in [-0.25, -0.2) is 0 Å². The van der Waals surface area contributed by atoms with Crippen molar-refractivity contribution in [1.29, 1.82) is 0 Å². The Morgan fingerprint density at radius 3 is 2.39 bits per heavy atom. The van der Waals surface area contributed by atoms with Crippen LogP contribution in [0, 0.1) is 0 Å². The summed E-state index contributed by atoms with van der Waals surface area (Å²) in [5.74, 6) is 0.804. The SMILES string of the molecule is C=COC(C)Oc1ccccc1-c1ccccc1. The summed E-state index contributed by atoms with van der Waals surface area (Å²) in [5, 5.41) is 0. The van der Waals surface area contributed by atoms with Gasteiger partial charge in [-0.05, 0) is 11.6 Å². The molecule has 0 saturated heterocycles. The van der Waals surface area contributed by atoms with Gasteiger partial charge in [0.2, 0.25) is 6.29 Å². The lowest BCUT2D eigenvalue weighted by Gasteiger charge is -2.16. The van der Waals surface area contributed by atoms with Crippen LogP contribution >= 0.6 is 0 Å². The highest BCUT2D eigenvalue weighted by Gasteiger charge is 2.08. The van der Waals surface area contributed by atoms with Gasteiger partial charge in [-0.15, -0.1) is 0 Å². The fraction of sp³-hybridized carbons (Fsp3) is 0.125. The van der Waals surface area contributed by atoms with Gasteiger partial charge >= 0.3 is 0 Å². The zero-order valence-electron chi connectivity index (χ0n) is 10.4. The molecule has 1 unspecified atom stereocenters. The first-order chi connectivity index (χ1) is 8.81. The highest BCUT2D eigenvalue weighted by Crippen LogP contribution is 2.30. The predicted octanol–water partition coefficient (Wildman–Crippen LogP) is 4.24. The Hall–Kier alpha value is -2.22. The van der Waals surface area contributed by atoms with Gasteiger partial charge in [0.15, 0.2) is 0 Å². The molecule has 2 aromatic carbocycles. The molecule has 2 aromatic rings. The van der Waals surface area contributed by atoms with Crippen LogP contribution in [0.25, 0.3) is 11.1 Å². The van der Waals surface area contributed by atoms with E-state index in [9.17, 15) is 0 Å². The summed E-state index contributed by atoms with van der Waals surface area (Å²) in [7, 11) is 0. The fourth-order valence-corrected chi connectivity index (χ4v) is 1.77. The van der Waals surface area contributed by atoms with Crippen LogP contribution in [-0.2, 0) is 4.74 Å². The van der Waals surface area contributed by atoms with Gasteiger partial charge in [0.05, 0.1) is 6.26 Å². The number of hydrogen-bond acceptors (Lipinski definition) is 2. The minimum atomic E-state index is -0.354. The van der Waals surface area contributed by atoms with Crippen molar-refractivity contribution in [3.05, 3.63) is 67.4 Å². The summed E-state index contributed by atoms with van der Waals surface area (Å²) in [5.41, 5.74) is 2.18. The third kappa shape index (κ3) is 2.92. The van der Waals surface area contributed by atoms with E-state index in [1.54, 1.807) is 0 Å². The van der Waals surface area contributed by atoms with E-state index in [-0.39, 0.29) is 6.29 Å². The van der Waals surface area contributed by atoms with Crippen molar-refractivity contribution in [2.24, 2.45) is 0 Å². The maximum Gasteiger partial charge on any atom is 0.237 e. The predicted molar refractivity (Wildman–Crippen MR) is 73.3 cm³/mol. The van der Waals surface area contributed by atoms with Crippen LogP contribution in [-0.4, -0.2) is 6.29 Å². The maximum absolute atomic E-state index is 5.75. The largest absolute Gasteiger partial charge is 0.463 e. The summed E-state index contributed by atoms with van der Waals surface area (Å²) in [4.78, 5) is 0. The number of benzene rings is 2. The van der Waals surface area contributed by atoms with E-state index in [1.165, 1.54) is 6.26 Å². The van der Waals surface area contributed by atoms with Crippen LogP contribution in [0.2, 0.25) is 0 Å². The minimum Gasteiger partial charge on any atom is -0.463 e. The maximum atomic E-state index is 5.75. The molecule has 0 amide bonds. The second-order valence-corrected chi connectivity index (χ2v) is 3.85. The summed E-state index contributed by atoms with van der Waals surface area (Å²) >= 11 is 0. The molecule has 0 bridgehead atoms. The fourth-order valence-electron chi connectivity index (χ4n) is 1.77. The summed E-state index contributed by atoms with van der Waals surface area (Å²) in [6.07, 6.45) is 1.03. The molecule has 0 aliphatic heterocycles. The molecule has 0 spiro atoms. The summed E-state index contributed by atoms with van der Waals surface area (Å²) in [6.45, 7) is 5.36. The van der Waals surface area contributed by atoms with Gasteiger partial charge in [-0.1, -0.05) is 55.1 Å². The lowest BCUT2D eigenvalue weighted by atomic mass is 10.1. The average molecular weight is 240 g/mol. The molecular weight excluding hydrogens is 224 g/mol. The molecule has 0 aliphatic rings. The van der Waals surface area contributed by atoms with Crippen LogP contribution in [0.3, 0.4) is 0 Å². The molecule has 0 saturated carbocycles. The Labute approximate surface area is 107 Å². The molecule has 2 nitrogen and oxygen atoms in total. The monoisotopic (exact) mass is 240 g/mol. The molecule has 2 heteroatoms. The lowest BCUT2D eigenvalue weighted by Crippen LogP contribution is -2.13. The topological polar surface area (TPSA) is 18.5 Å². The first-order valence-corrected chi connectivity index (χ1v) is 5.88. The number of para-hydroxylation sites is 1. The molecule has 0 aromatic heterocycles. The lowest BCUT2D eigenvalue weighted by molar-refractivity contribution is -0.0127. The molecule has 0 heterocycles. The Bertz CT molecular complexity index is 506. The van der Waals surface area contributed by atoms with Gasteiger partial charge in [-0.2, -0.15) is 0 Å². The van der Waals surface area contributed by atoms with E-state index >= 15 is 0 Å². The highest BCUT2D eigenvalue weighted by atomic mass is 16.7. The van der Waals surface area contributed by atoms with Crippen molar-refractivity contribution in [1.82, 2.24) is 0 Å². The first-order valence-electron chi connectivity index (χ1n) is 5.88.